The highest BCUT2D eigenvalue weighted by molar-refractivity contribution is 5.64. The Balaban J connectivity index is 1.61. The van der Waals surface area contributed by atoms with Crippen LogP contribution in [0.3, 0.4) is 0 Å². The summed E-state index contributed by atoms with van der Waals surface area (Å²) in [6.07, 6.45) is 2.62. The van der Waals surface area contributed by atoms with Gasteiger partial charge in [0.1, 0.15) is 17.3 Å². The van der Waals surface area contributed by atoms with Gasteiger partial charge in [0.15, 0.2) is 0 Å². The van der Waals surface area contributed by atoms with Crippen LogP contribution in [0.1, 0.15) is 11.1 Å². The second kappa shape index (κ2) is 8.89. The van der Waals surface area contributed by atoms with Crippen LogP contribution in [0.25, 0.3) is 0 Å². The van der Waals surface area contributed by atoms with Gasteiger partial charge in [-0.15, -0.1) is 0 Å². The Morgan fingerprint density at radius 2 is 1.78 bits per heavy atom. The molecule has 1 heterocycles. The quantitative estimate of drug-likeness (QED) is 0.624. The number of methoxy groups -OCH3 is 2. The van der Waals surface area contributed by atoms with E-state index < -0.39 is 0 Å². The number of benzene rings is 2. The summed E-state index contributed by atoms with van der Waals surface area (Å²) in [7, 11) is 3.32. The van der Waals surface area contributed by atoms with Gasteiger partial charge in [0.2, 0.25) is 5.95 Å². The van der Waals surface area contributed by atoms with Crippen LogP contribution in [0.4, 0.5) is 17.5 Å². The van der Waals surface area contributed by atoms with E-state index in [-0.39, 0.29) is 0 Å². The van der Waals surface area contributed by atoms with Crippen molar-refractivity contribution in [3.05, 3.63) is 65.9 Å². The smallest absolute Gasteiger partial charge is 0.229 e. The van der Waals surface area contributed by atoms with E-state index in [0.29, 0.717) is 5.95 Å². The van der Waals surface area contributed by atoms with Crippen molar-refractivity contribution in [1.29, 1.82) is 0 Å². The summed E-state index contributed by atoms with van der Waals surface area (Å²) in [6.45, 7) is 2.80. The average Bonchev–Trinajstić information content (AvgIpc) is 2.69. The first-order valence-electron chi connectivity index (χ1n) is 8.79. The molecule has 140 valence electrons. The van der Waals surface area contributed by atoms with Crippen molar-refractivity contribution >= 4 is 17.5 Å². The van der Waals surface area contributed by atoms with Crippen LogP contribution in [-0.4, -0.2) is 30.7 Å². The van der Waals surface area contributed by atoms with Gasteiger partial charge in [-0.2, -0.15) is 4.98 Å². The zero-order valence-corrected chi connectivity index (χ0v) is 15.8. The number of ether oxygens (including phenoxy) is 2. The monoisotopic (exact) mass is 364 g/mol. The molecule has 0 amide bonds. The van der Waals surface area contributed by atoms with E-state index in [2.05, 4.69) is 32.7 Å². The van der Waals surface area contributed by atoms with Crippen molar-refractivity contribution in [2.45, 2.75) is 13.3 Å². The third-order valence-corrected chi connectivity index (χ3v) is 4.14. The SMILES string of the molecule is COc1ccc(CCNc2ccnc(Nc3cc(C)ccc3OC)n2)cc1. The molecular weight excluding hydrogens is 340 g/mol. The maximum absolute atomic E-state index is 5.39. The van der Waals surface area contributed by atoms with E-state index >= 15 is 0 Å². The second-order valence-corrected chi connectivity index (χ2v) is 6.12. The zero-order chi connectivity index (χ0) is 19.1. The van der Waals surface area contributed by atoms with Crippen molar-refractivity contribution in [1.82, 2.24) is 9.97 Å². The average molecular weight is 364 g/mol. The molecule has 0 saturated carbocycles. The van der Waals surface area contributed by atoms with Crippen LogP contribution in [0.15, 0.2) is 54.7 Å². The Morgan fingerprint density at radius 3 is 2.52 bits per heavy atom. The molecule has 2 N–H and O–H groups in total. The third-order valence-electron chi connectivity index (χ3n) is 4.14. The standard InChI is InChI=1S/C21H24N4O2/c1-15-4-9-19(27-3)18(14-15)24-21-23-13-11-20(25-21)22-12-10-16-5-7-17(26-2)8-6-16/h4-9,11,13-14H,10,12H2,1-3H3,(H2,22,23,24,25). The van der Waals surface area contributed by atoms with E-state index in [9.17, 15) is 0 Å². The number of aryl methyl sites for hydroxylation is 1. The van der Waals surface area contributed by atoms with Crippen molar-refractivity contribution in [3.8, 4) is 11.5 Å². The first-order valence-corrected chi connectivity index (χ1v) is 8.79. The van der Waals surface area contributed by atoms with Crippen LogP contribution in [0.2, 0.25) is 0 Å². The van der Waals surface area contributed by atoms with Crippen molar-refractivity contribution in [2.24, 2.45) is 0 Å². The molecule has 6 nitrogen and oxygen atoms in total. The fourth-order valence-electron chi connectivity index (χ4n) is 2.68. The first kappa shape index (κ1) is 18.5. The van der Waals surface area contributed by atoms with Gasteiger partial charge in [-0.1, -0.05) is 18.2 Å². The van der Waals surface area contributed by atoms with E-state index in [0.717, 1.165) is 41.5 Å². The predicted octanol–water partition coefficient (Wildman–Crippen LogP) is 4.20. The fourth-order valence-corrected chi connectivity index (χ4v) is 2.68. The second-order valence-electron chi connectivity index (χ2n) is 6.12. The van der Waals surface area contributed by atoms with E-state index in [1.807, 2.05) is 43.3 Å². The molecule has 3 rings (SSSR count). The lowest BCUT2D eigenvalue weighted by Crippen LogP contribution is -2.08. The highest BCUT2D eigenvalue weighted by Crippen LogP contribution is 2.27. The molecule has 0 bridgehead atoms. The van der Waals surface area contributed by atoms with Gasteiger partial charge in [-0.3, -0.25) is 0 Å². The lowest BCUT2D eigenvalue weighted by Gasteiger charge is -2.12. The van der Waals surface area contributed by atoms with Gasteiger partial charge in [0, 0.05) is 12.7 Å². The zero-order valence-electron chi connectivity index (χ0n) is 15.8. The number of nitrogens with zero attached hydrogens (tertiary/aromatic N) is 2. The Morgan fingerprint density at radius 1 is 0.963 bits per heavy atom. The van der Waals surface area contributed by atoms with Crippen LogP contribution in [0, 0.1) is 6.92 Å². The third kappa shape index (κ3) is 5.10. The van der Waals surface area contributed by atoms with E-state index in [1.54, 1.807) is 20.4 Å². The van der Waals surface area contributed by atoms with Crippen molar-refractivity contribution < 1.29 is 9.47 Å². The minimum absolute atomic E-state index is 0.522. The molecule has 2 aromatic carbocycles. The largest absolute Gasteiger partial charge is 0.497 e. The Labute approximate surface area is 159 Å². The van der Waals surface area contributed by atoms with Gasteiger partial charge >= 0.3 is 0 Å². The molecule has 6 heteroatoms. The Bertz CT molecular complexity index is 882. The number of nitrogens with one attached hydrogen (secondary N) is 2. The molecule has 3 aromatic rings. The summed E-state index contributed by atoms with van der Waals surface area (Å²) < 4.78 is 10.6. The number of aromatic nitrogens is 2. The summed E-state index contributed by atoms with van der Waals surface area (Å²) in [5.74, 6) is 2.91. The molecule has 0 atom stereocenters. The van der Waals surface area contributed by atoms with Crippen LogP contribution >= 0.6 is 0 Å². The molecule has 0 aliphatic carbocycles. The van der Waals surface area contributed by atoms with E-state index in [4.69, 9.17) is 9.47 Å². The van der Waals surface area contributed by atoms with Gasteiger partial charge in [-0.05, 0) is 54.8 Å². The molecular formula is C21H24N4O2. The van der Waals surface area contributed by atoms with Crippen LogP contribution in [-0.2, 0) is 6.42 Å². The van der Waals surface area contributed by atoms with E-state index in [1.165, 1.54) is 5.56 Å². The van der Waals surface area contributed by atoms with Crippen molar-refractivity contribution in [2.75, 3.05) is 31.4 Å². The highest BCUT2D eigenvalue weighted by Gasteiger charge is 2.06. The minimum atomic E-state index is 0.522. The molecule has 1 aromatic heterocycles. The normalized spacial score (nSPS) is 10.3. The molecule has 0 aliphatic rings. The number of anilines is 3. The van der Waals surface area contributed by atoms with Gasteiger partial charge in [-0.25, -0.2) is 4.98 Å². The Kier molecular flexibility index (Phi) is 6.10. The lowest BCUT2D eigenvalue weighted by atomic mass is 10.1. The maximum Gasteiger partial charge on any atom is 0.229 e. The minimum Gasteiger partial charge on any atom is -0.497 e. The summed E-state index contributed by atoms with van der Waals surface area (Å²) in [6, 6.07) is 15.9. The summed E-state index contributed by atoms with van der Waals surface area (Å²) in [5, 5.41) is 6.56. The predicted molar refractivity (Wildman–Crippen MR) is 108 cm³/mol. The molecule has 0 saturated heterocycles. The summed E-state index contributed by atoms with van der Waals surface area (Å²) in [5.41, 5.74) is 3.21. The lowest BCUT2D eigenvalue weighted by molar-refractivity contribution is 0.414. The van der Waals surface area contributed by atoms with Crippen molar-refractivity contribution in [3.63, 3.8) is 0 Å². The summed E-state index contributed by atoms with van der Waals surface area (Å²) >= 11 is 0. The van der Waals surface area contributed by atoms with Gasteiger partial charge in [0.25, 0.3) is 0 Å². The maximum atomic E-state index is 5.39. The number of hydrogen-bond donors (Lipinski definition) is 2. The van der Waals surface area contributed by atoms with Gasteiger partial charge < -0.3 is 20.1 Å². The molecule has 0 unspecified atom stereocenters. The molecule has 27 heavy (non-hydrogen) atoms. The first-order chi connectivity index (χ1) is 13.2. The number of hydrogen-bond acceptors (Lipinski definition) is 6. The van der Waals surface area contributed by atoms with Crippen LogP contribution < -0.4 is 20.1 Å². The molecule has 0 spiro atoms. The fraction of sp³-hybridized carbons (Fsp3) is 0.238. The number of rotatable bonds is 8. The summed E-state index contributed by atoms with van der Waals surface area (Å²) in [4.78, 5) is 8.82. The molecule has 0 radical (unpaired) electrons. The topological polar surface area (TPSA) is 68.3 Å². The Hall–Kier alpha value is -3.28. The van der Waals surface area contributed by atoms with Gasteiger partial charge in [0.05, 0.1) is 19.9 Å². The highest BCUT2D eigenvalue weighted by atomic mass is 16.5. The molecule has 0 aliphatic heterocycles. The molecule has 0 fully saturated rings. The van der Waals surface area contributed by atoms with Crippen LogP contribution in [0.5, 0.6) is 11.5 Å².